The monoisotopic (exact) mass is 159 g/mol. The second kappa shape index (κ2) is 2.76. The average molecular weight is 159 g/mol. The van der Waals surface area contributed by atoms with E-state index in [1.54, 1.807) is 5.38 Å². The van der Waals surface area contributed by atoms with Gasteiger partial charge in [-0.15, -0.1) is 0 Å². The lowest BCUT2D eigenvalue weighted by Gasteiger charge is -1.80. The van der Waals surface area contributed by atoms with Gasteiger partial charge in [-0.05, 0) is 5.56 Å². The Morgan fingerprint density at radius 3 is 2.80 bits per heavy atom. The van der Waals surface area contributed by atoms with Gasteiger partial charge in [-0.1, -0.05) is 11.3 Å². The second-order valence-electron chi connectivity index (χ2n) is 1.71. The zero-order valence-corrected chi connectivity index (χ0v) is 5.80. The van der Waals surface area contributed by atoms with Crippen LogP contribution in [-0.2, 0) is 6.61 Å². The molecule has 1 rings (SSSR count). The van der Waals surface area contributed by atoms with E-state index in [1.165, 1.54) is 6.07 Å². The number of thiophene rings is 1. The van der Waals surface area contributed by atoms with Crippen LogP contribution in [0.3, 0.4) is 0 Å². The van der Waals surface area contributed by atoms with Crippen LogP contribution in [0.2, 0.25) is 0 Å². The highest BCUT2D eigenvalue weighted by Gasteiger charge is 2.07. The highest BCUT2D eigenvalue weighted by molar-refractivity contribution is 7.13. The number of nitro groups is 1. The number of hydrogen-bond donors (Lipinski definition) is 1. The van der Waals surface area contributed by atoms with E-state index in [2.05, 4.69) is 0 Å². The van der Waals surface area contributed by atoms with E-state index in [0.717, 1.165) is 11.3 Å². The van der Waals surface area contributed by atoms with E-state index < -0.39 is 4.92 Å². The van der Waals surface area contributed by atoms with Gasteiger partial charge in [0.15, 0.2) is 0 Å². The fraction of sp³-hybridized carbons (Fsp3) is 0.200. The average Bonchev–Trinajstić information content (AvgIpc) is 2.34. The summed E-state index contributed by atoms with van der Waals surface area (Å²) in [5, 5.41) is 20.2. The Morgan fingerprint density at radius 1 is 1.80 bits per heavy atom. The summed E-state index contributed by atoms with van der Waals surface area (Å²) in [5.74, 6) is 0. The third-order valence-electron chi connectivity index (χ3n) is 1.00. The zero-order valence-electron chi connectivity index (χ0n) is 4.98. The molecule has 1 heterocycles. The van der Waals surface area contributed by atoms with E-state index in [-0.39, 0.29) is 11.6 Å². The first-order chi connectivity index (χ1) is 4.74. The molecule has 0 aliphatic rings. The predicted molar refractivity (Wildman–Crippen MR) is 36.9 cm³/mol. The molecule has 54 valence electrons. The Balaban J connectivity index is 2.88. The minimum Gasteiger partial charge on any atom is -0.392 e. The molecule has 0 spiro atoms. The van der Waals surface area contributed by atoms with Crippen molar-refractivity contribution in [1.29, 1.82) is 0 Å². The van der Waals surface area contributed by atoms with Crippen molar-refractivity contribution in [2.24, 2.45) is 0 Å². The number of nitrogens with zero attached hydrogens (tertiary/aromatic N) is 1. The van der Waals surface area contributed by atoms with Gasteiger partial charge < -0.3 is 5.11 Å². The van der Waals surface area contributed by atoms with Crippen LogP contribution in [0.1, 0.15) is 5.56 Å². The van der Waals surface area contributed by atoms with Crippen molar-refractivity contribution in [3.63, 3.8) is 0 Å². The highest BCUT2D eigenvalue weighted by Crippen LogP contribution is 2.21. The molecule has 0 saturated carbocycles. The Bertz CT molecular complexity index is 245. The topological polar surface area (TPSA) is 63.4 Å². The Hall–Kier alpha value is -0.940. The summed E-state index contributed by atoms with van der Waals surface area (Å²) in [7, 11) is 0. The van der Waals surface area contributed by atoms with E-state index in [9.17, 15) is 10.1 Å². The number of hydrogen-bond acceptors (Lipinski definition) is 4. The summed E-state index contributed by atoms with van der Waals surface area (Å²) >= 11 is 1.02. The lowest BCUT2D eigenvalue weighted by atomic mass is 10.4. The fourth-order valence-corrected chi connectivity index (χ4v) is 1.26. The molecule has 0 fully saturated rings. The van der Waals surface area contributed by atoms with Gasteiger partial charge in [-0.3, -0.25) is 10.1 Å². The standard InChI is InChI=1S/C5H5NO3S/c7-2-4-1-5(6(8)9)10-3-4/h1,3,7H,2H2. The maximum absolute atomic E-state index is 10.1. The fourth-order valence-electron chi connectivity index (χ4n) is 0.541. The van der Waals surface area contributed by atoms with Crippen LogP contribution in [0.5, 0.6) is 0 Å². The van der Waals surface area contributed by atoms with E-state index in [0.29, 0.717) is 5.56 Å². The maximum atomic E-state index is 10.1. The van der Waals surface area contributed by atoms with Crippen molar-refractivity contribution in [3.05, 3.63) is 27.1 Å². The van der Waals surface area contributed by atoms with Gasteiger partial charge in [0.2, 0.25) is 0 Å². The van der Waals surface area contributed by atoms with Gasteiger partial charge in [0.25, 0.3) is 0 Å². The number of aliphatic hydroxyl groups excluding tert-OH is 1. The molecule has 0 radical (unpaired) electrons. The summed E-state index contributed by atoms with van der Waals surface area (Å²) in [4.78, 5) is 9.60. The molecule has 5 heteroatoms. The molecular weight excluding hydrogens is 154 g/mol. The molecule has 0 aliphatic heterocycles. The highest BCUT2D eigenvalue weighted by atomic mass is 32.1. The SMILES string of the molecule is O=[N+]([O-])c1cc(CO)cs1. The normalized spacial score (nSPS) is 9.70. The minimum absolute atomic E-state index is 0.0732. The molecule has 10 heavy (non-hydrogen) atoms. The van der Waals surface area contributed by atoms with Crippen LogP contribution in [0, 0.1) is 10.1 Å². The molecule has 1 aromatic heterocycles. The van der Waals surface area contributed by atoms with E-state index >= 15 is 0 Å². The van der Waals surface area contributed by atoms with Gasteiger partial charge in [-0.25, -0.2) is 0 Å². The summed E-state index contributed by atoms with van der Waals surface area (Å²) in [6.07, 6.45) is 0. The van der Waals surface area contributed by atoms with Crippen LogP contribution in [0.15, 0.2) is 11.4 Å². The third-order valence-corrected chi connectivity index (χ3v) is 1.93. The molecule has 0 saturated heterocycles. The molecule has 0 amide bonds. The van der Waals surface area contributed by atoms with Crippen molar-refractivity contribution in [3.8, 4) is 0 Å². The first kappa shape index (κ1) is 7.17. The van der Waals surface area contributed by atoms with Gasteiger partial charge in [0, 0.05) is 11.4 Å². The third kappa shape index (κ3) is 1.31. The summed E-state index contributed by atoms with van der Waals surface area (Å²) in [6.45, 7) is -0.135. The van der Waals surface area contributed by atoms with Crippen LogP contribution in [0.25, 0.3) is 0 Å². The van der Waals surface area contributed by atoms with Crippen LogP contribution in [0.4, 0.5) is 5.00 Å². The minimum atomic E-state index is -0.468. The molecule has 4 nitrogen and oxygen atoms in total. The smallest absolute Gasteiger partial charge is 0.324 e. The van der Waals surface area contributed by atoms with Crippen molar-refractivity contribution < 1.29 is 10.0 Å². The summed E-state index contributed by atoms with van der Waals surface area (Å²) in [6, 6.07) is 1.37. The second-order valence-corrected chi connectivity index (χ2v) is 2.60. The Kier molecular flexibility index (Phi) is 1.98. The van der Waals surface area contributed by atoms with Crippen LogP contribution in [-0.4, -0.2) is 10.0 Å². The predicted octanol–water partition coefficient (Wildman–Crippen LogP) is 1.15. The van der Waals surface area contributed by atoms with E-state index in [4.69, 9.17) is 5.11 Å². The Morgan fingerprint density at radius 2 is 2.50 bits per heavy atom. The van der Waals surface area contributed by atoms with Crippen molar-refractivity contribution in [2.75, 3.05) is 0 Å². The van der Waals surface area contributed by atoms with Gasteiger partial charge in [0.05, 0.1) is 11.5 Å². The quantitative estimate of drug-likeness (QED) is 0.520. The van der Waals surface area contributed by atoms with Crippen molar-refractivity contribution in [1.82, 2.24) is 0 Å². The van der Waals surface area contributed by atoms with Crippen LogP contribution < -0.4 is 0 Å². The Labute approximate surface area is 60.9 Å². The van der Waals surface area contributed by atoms with Crippen molar-refractivity contribution in [2.45, 2.75) is 6.61 Å². The molecule has 1 aromatic rings. The largest absolute Gasteiger partial charge is 0.392 e. The first-order valence-electron chi connectivity index (χ1n) is 2.56. The summed E-state index contributed by atoms with van der Waals surface area (Å²) in [5.41, 5.74) is 0.594. The number of aliphatic hydroxyl groups is 1. The maximum Gasteiger partial charge on any atom is 0.324 e. The molecular formula is C5H5NO3S. The molecule has 1 N–H and O–H groups in total. The molecule has 0 aromatic carbocycles. The van der Waals surface area contributed by atoms with Gasteiger partial charge in [-0.2, -0.15) is 0 Å². The zero-order chi connectivity index (χ0) is 7.56. The lowest BCUT2D eigenvalue weighted by molar-refractivity contribution is -0.380. The molecule has 0 atom stereocenters. The molecule has 0 aliphatic carbocycles. The van der Waals surface area contributed by atoms with Crippen LogP contribution >= 0.6 is 11.3 Å². The van der Waals surface area contributed by atoms with E-state index in [1.807, 2.05) is 0 Å². The lowest BCUT2D eigenvalue weighted by Crippen LogP contribution is -1.82. The molecule has 0 bridgehead atoms. The first-order valence-corrected chi connectivity index (χ1v) is 3.44. The van der Waals surface area contributed by atoms with Gasteiger partial charge in [0.1, 0.15) is 0 Å². The summed E-state index contributed by atoms with van der Waals surface area (Å²) < 4.78 is 0. The number of rotatable bonds is 2. The van der Waals surface area contributed by atoms with Gasteiger partial charge >= 0.3 is 5.00 Å². The molecule has 0 unspecified atom stereocenters. The van der Waals surface area contributed by atoms with Crippen molar-refractivity contribution >= 4 is 16.3 Å².